The molecule has 9 nitrogen and oxygen atoms in total. The molecule has 0 bridgehead atoms. The summed E-state index contributed by atoms with van der Waals surface area (Å²) < 4.78 is 16.1. The van der Waals surface area contributed by atoms with Crippen molar-refractivity contribution in [3.63, 3.8) is 0 Å². The maximum absolute atomic E-state index is 12.6. The first-order valence-corrected chi connectivity index (χ1v) is 11.9. The lowest BCUT2D eigenvalue weighted by molar-refractivity contribution is 0.0943. The van der Waals surface area contributed by atoms with Crippen LogP contribution in [0.2, 0.25) is 0 Å². The minimum atomic E-state index is -2.33. The number of rotatable bonds is 7. The minimum Gasteiger partial charge on any atom is -0.351 e. The van der Waals surface area contributed by atoms with Gasteiger partial charge >= 0.3 is 0 Å². The Balaban J connectivity index is 0.00000320. The second-order valence-electron chi connectivity index (χ2n) is 7.63. The van der Waals surface area contributed by atoms with Gasteiger partial charge in [0.15, 0.2) is 5.82 Å². The lowest BCUT2D eigenvalue weighted by Crippen LogP contribution is -2.31. The van der Waals surface area contributed by atoms with Crippen molar-refractivity contribution < 1.29 is 10.4 Å². The van der Waals surface area contributed by atoms with Crippen molar-refractivity contribution in [3.05, 3.63) is 30.0 Å². The Hall–Kier alpha value is -2.75. The normalized spacial score (nSPS) is 14.2. The third-order valence-corrected chi connectivity index (χ3v) is 4.81. The summed E-state index contributed by atoms with van der Waals surface area (Å²) in [6, 6.07) is 5.50. The molecule has 1 aliphatic carbocycles. The van der Waals surface area contributed by atoms with E-state index in [2.05, 4.69) is 35.3 Å². The van der Waals surface area contributed by atoms with Gasteiger partial charge in [-0.05, 0) is 45.2 Å². The van der Waals surface area contributed by atoms with Crippen molar-refractivity contribution in [2.24, 2.45) is 4.36 Å². The van der Waals surface area contributed by atoms with Crippen molar-refractivity contribution in [1.82, 2.24) is 20.3 Å². The molecule has 2 aromatic rings. The van der Waals surface area contributed by atoms with Crippen LogP contribution in [-0.4, -0.2) is 49.7 Å². The first-order valence-electron chi connectivity index (χ1n) is 9.55. The van der Waals surface area contributed by atoms with Crippen molar-refractivity contribution in [2.45, 2.75) is 45.2 Å². The predicted molar refractivity (Wildman–Crippen MR) is 118 cm³/mol. The number of nitrogens with zero attached hydrogens (tertiary/aromatic N) is 4. The molecule has 10 heteroatoms. The van der Waals surface area contributed by atoms with Gasteiger partial charge in [-0.15, -0.1) is 0 Å². The molecule has 1 amide bonds. The zero-order chi connectivity index (χ0) is 21.0. The van der Waals surface area contributed by atoms with E-state index in [1.54, 1.807) is 30.7 Å². The van der Waals surface area contributed by atoms with Crippen molar-refractivity contribution in [2.75, 3.05) is 23.1 Å². The summed E-state index contributed by atoms with van der Waals surface area (Å²) in [4.78, 5) is 25.8. The van der Waals surface area contributed by atoms with Crippen LogP contribution in [-0.2, 0) is 9.73 Å². The molecule has 0 saturated heterocycles. The highest BCUT2D eigenvalue weighted by atomic mass is 32.2. The van der Waals surface area contributed by atoms with E-state index in [4.69, 9.17) is 0 Å². The van der Waals surface area contributed by atoms with Crippen molar-refractivity contribution >= 4 is 39.0 Å². The second kappa shape index (κ2) is 8.73. The van der Waals surface area contributed by atoms with E-state index in [-0.39, 0.29) is 13.4 Å². The Labute approximate surface area is 172 Å². The highest BCUT2D eigenvalue weighted by Gasteiger charge is 2.20. The van der Waals surface area contributed by atoms with E-state index < -0.39 is 9.73 Å². The van der Waals surface area contributed by atoms with E-state index in [1.165, 1.54) is 12.6 Å². The van der Waals surface area contributed by atoms with Crippen molar-refractivity contribution in [3.8, 4) is 0 Å². The van der Waals surface area contributed by atoms with Crippen LogP contribution in [0.25, 0.3) is 0 Å². The first kappa shape index (κ1) is 21.0. The summed E-state index contributed by atoms with van der Waals surface area (Å²) in [5, 5.41) is 9.22. The van der Waals surface area contributed by atoms with Crippen LogP contribution in [0.15, 0.2) is 28.8 Å². The molecular formula is C19H29N7O2S. The molecule has 3 N–H and O–H groups in total. The molecule has 2 heterocycles. The summed E-state index contributed by atoms with van der Waals surface area (Å²) in [6.45, 7) is 3.77. The number of pyridine rings is 1. The van der Waals surface area contributed by atoms with E-state index in [0.29, 0.717) is 35.0 Å². The Bertz CT molecular complexity index is 1010. The third kappa shape index (κ3) is 6.11. The van der Waals surface area contributed by atoms with Gasteiger partial charge in [0.05, 0.1) is 0 Å². The van der Waals surface area contributed by atoms with Crippen LogP contribution < -0.4 is 16.0 Å². The quantitative estimate of drug-likeness (QED) is 0.629. The molecule has 3 rings (SSSR count). The van der Waals surface area contributed by atoms with Crippen LogP contribution in [0.1, 0.15) is 44.9 Å². The van der Waals surface area contributed by atoms with E-state index in [1.807, 2.05) is 13.8 Å². The van der Waals surface area contributed by atoms with E-state index in [0.717, 1.165) is 12.8 Å². The van der Waals surface area contributed by atoms with Gasteiger partial charge in [0.1, 0.15) is 17.2 Å². The van der Waals surface area contributed by atoms with E-state index >= 15 is 0 Å². The molecule has 1 saturated carbocycles. The second-order valence-corrected chi connectivity index (χ2v) is 10.2. The zero-order valence-electron chi connectivity index (χ0n) is 17.1. The van der Waals surface area contributed by atoms with Gasteiger partial charge in [0, 0.05) is 41.9 Å². The average molecular weight is 420 g/mol. The molecule has 0 aliphatic heterocycles. The van der Waals surface area contributed by atoms with Gasteiger partial charge in [-0.2, -0.15) is 9.35 Å². The molecule has 0 atom stereocenters. The van der Waals surface area contributed by atoms with Gasteiger partial charge in [-0.1, -0.05) is 6.07 Å². The average Bonchev–Trinajstić information content (AvgIpc) is 2.56. The van der Waals surface area contributed by atoms with Crippen LogP contribution in [0.5, 0.6) is 0 Å². The topological polar surface area (TPSA) is 121 Å². The SMILES string of the molecule is CC(C)NC(=O)c1cnc(NC2CCC2)nc1Nc1cccc(N=S(C)(C)=O)n1.[HH]. The molecule has 2 aromatic heterocycles. The van der Waals surface area contributed by atoms with Gasteiger partial charge in [-0.25, -0.2) is 14.2 Å². The minimum absolute atomic E-state index is 0. The fourth-order valence-corrected chi connectivity index (χ4v) is 3.23. The molecule has 0 unspecified atom stereocenters. The fraction of sp³-hybridized carbons (Fsp3) is 0.474. The lowest BCUT2D eigenvalue weighted by Gasteiger charge is -2.26. The monoisotopic (exact) mass is 419 g/mol. The number of hydrogen-bond acceptors (Lipinski definition) is 8. The first-order chi connectivity index (χ1) is 13.7. The molecule has 0 spiro atoms. The Morgan fingerprint density at radius 1 is 1.28 bits per heavy atom. The number of aromatic nitrogens is 3. The van der Waals surface area contributed by atoms with Crippen LogP contribution >= 0.6 is 0 Å². The molecular weight excluding hydrogens is 390 g/mol. The standard InChI is InChI=1S/C19H27N7O2S.H2/c1-12(2)21-18(27)14-11-20-19(22-13-7-5-8-13)25-17(14)24-15-9-6-10-16(23-15)26-29(3,4)28;/h6,9-13H,5,7-8H2,1-4H3,(H,21,27)(H2,20,22,23,24,25);1H. The number of anilines is 3. The number of carbonyl (C=O) groups excluding carboxylic acids is 1. The third-order valence-electron chi connectivity index (χ3n) is 4.19. The predicted octanol–water partition coefficient (Wildman–Crippen LogP) is 3.32. The molecule has 29 heavy (non-hydrogen) atoms. The Morgan fingerprint density at radius 2 is 2.03 bits per heavy atom. The molecule has 1 aliphatic rings. The van der Waals surface area contributed by atoms with Gasteiger partial charge in [-0.3, -0.25) is 4.79 Å². The highest BCUT2D eigenvalue weighted by Crippen LogP contribution is 2.24. The summed E-state index contributed by atoms with van der Waals surface area (Å²) in [5.74, 6) is 1.33. The smallest absolute Gasteiger partial charge is 0.256 e. The van der Waals surface area contributed by atoms with Crippen molar-refractivity contribution in [1.29, 1.82) is 0 Å². The molecule has 1 fully saturated rings. The number of nitrogens with one attached hydrogen (secondary N) is 3. The van der Waals surface area contributed by atoms with Gasteiger partial charge < -0.3 is 16.0 Å². The fourth-order valence-electron chi connectivity index (χ4n) is 2.68. The van der Waals surface area contributed by atoms with Crippen LogP contribution in [0, 0.1) is 0 Å². The van der Waals surface area contributed by atoms with Crippen LogP contribution in [0.3, 0.4) is 0 Å². The molecule has 0 radical (unpaired) electrons. The highest BCUT2D eigenvalue weighted by molar-refractivity contribution is 7.92. The number of carbonyl (C=O) groups is 1. The zero-order valence-corrected chi connectivity index (χ0v) is 17.9. The maximum atomic E-state index is 12.6. The molecule has 0 aromatic carbocycles. The molecule has 158 valence electrons. The summed E-state index contributed by atoms with van der Waals surface area (Å²) in [5.41, 5.74) is 0.316. The number of amides is 1. The maximum Gasteiger partial charge on any atom is 0.256 e. The number of hydrogen-bond donors (Lipinski definition) is 3. The summed E-state index contributed by atoms with van der Waals surface area (Å²) in [7, 11) is -2.33. The van der Waals surface area contributed by atoms with Gasteiger partial charge in [0.2, 0.25) is 5.95 Å². The largest absolute Gasteiger partial charge is 0.351 e. The van der Waals surface area contributed by atoms with E-state index in [9.17, 15) is 9.00 Å². The Morgan fingerprint density at radius 3 is 2.66 bits per heavy atom. The summed E-state index contributed by atoms with van der Waals surface area (Å²) in [6.07, 6.45) is 7.96. The van der Waals surface area contributed by atoms with Gasteiger partial charge in [0.25, 0.3) is 5.91 Å². The Kier molecular flexibility index (Phi) is 6.31. The van der Waals surface area contributed by atoms with Crippen LogP contribution in [0.4, 0.5) is 23.4 Å². The summed E-state index contributed by atoms with van der Waals surface area (Å²) >= 11 is 0. The lowest BCUT2D eigenvalue weighted by atomic mass is 9.93.